The Balaban J connectivity index is 1.06. The third kappa shape index (κ3) is 6.20. The highest BCUT2D eigenvalue weighted by Gasteiger charge is 2.17. The summed E-state index contributed by atoms with van der Waals surface area (Å²) in [6.07, 6.45) is 7.52. The highest BCUT2D eigenvalue weighted by molar-refractivity contribution is 5.76. The average molecular weight is 553 g/mol. The number of likely N-dealkylation sites (N-methyl/N-ethyl adjacent to an activating group) is 1. The SMILES string of the molecule is Cc1nc(-c2ccc(CNc3cc(-c4cnc5cc(OCCN6CCC(=O)N(C)CC6)ccn45)ncn3)cc2)co1. The fourth-order valence-electron chi connectivity index (χ4n) is 4.81. The molecule has 1 fully saturated rings. The van der Waals surface area contributed by atoms with Crippen molar-refractivity contribution in [2.75, 3.05) is 45.2 Å². The second-order valence-corrected chi connectivity index (χ2v) is 10.1. The van der Waals surface area contributed by atoms with Gasteiger partial charge in [-0.3, -0.25) is 14.1 Å². The van der Waals surface area contributed by atoms with Crippen LogP contribution in [0.4, 0.5) is 5.82 Å². The lowest BCUT2D eigenvalue weighted by molar-refractivity contribution is -0.129. The van der Waals surface area contributed by atoms with Crippen LogP contribution in [0.2, 0.25) is 0 Å². The lowest BCUT2D eigenvalue weighted by Crippen LogP contribution is -2.32. The molecule has 210 valence electrons. The molecule has 11 heteroatoms. The van der Waals surface area contributed by atoms with Crippen molar-refractivity contribution in [2.45, 2.75) is 19.9 Å². The number of fused-ring (bicyclic) bond motifs is 1. The van der Waals surface area contributed by atoms with Gasteiger partial charge in [0.2, 0.25) is 5.91 Å². The molecule has 0 radical (unpaired) electrons. The fourth-order valence-corrected chi connectivity index (χ4v) is 4.81. The van der Waals surface area contributed by atoms with Gasteiger partial charge in [0.1, 0.15) is 42.1 Å². The molecule has 0 unspecified atom stereocenters. The minimum atomic E-state index is 0.199. The zero-order valence-electron chi connectivity index (χ0n) is 23.2. The van der Waals surface area contributed by atoms with E-state index in [2.05, 4.69) is 42.3 Å². The molecule has 1 aromatic carbocycles. The molecular weight excluding hydrogens is 520 g/mol. The van der Waals surface area contributed by atoms with E-state index in [4.69, 9.17) is 9.15 Å². The van der Waals surface area contributed by atoms with Crippen LogP contribution in [-0.2, 0) is 11.3 Å². The molecular formula is C30H32N8O3. The molecule has 0 spiro atoms. The van der Waals surface area contributed by atoms with Gasteiger partial charge in [-0.25, -0.2) is 19.9 Å². The lowest BCUT2D eigenvalue weighted by atomic mass is 10.1. The van der Waals surface area contributed by atoms with Crippen LogP contribution in [0.5, 0.6) is 5.75 Å². The van der Waals surface area contributed by atoms with E-state index >= 15 is 0 Å². The maximum Gasteiger partial charge on any atom is 0.223 e. The van der Waals surface area contributed by atoms with E-state index < -0.39 is 0 Å². The first-order valence-electron chi connectivity index (χ1n) is 13.7. The number of aromatic nitrogens is 5. The fraction of sp³-hybridized carbons (Fsp3) is 0.300. The Hall–Kier alpha value is -4.77. The van der Waals surface area contributed by atoms with Crippen molar-refractivity contribution in [3.05, 3.63) is 78.9 Å². The molecule has 4 aromatic heterocycles. The van der Waals surface area contributed by atoms with E-state index in [-0.39, 0.29) is 5.91 Å². The van der Waals surface area contributed by atoms with Crippen molar-refractivity contribution in [3.8, 4) is 28.4 Å². The molecule has 5 aromatic rings. The summed E-state index contributed by atoms with van der Waals surface area (Å²) in [5.41, 5.74) is 5.36. The van der Waals surface area contributed by atoms with Gasteiger partial charge >= 0.3 is 0 Å². The second kappa shape index (κ2) is 11.8. The van der Waals surface area contributed by atoms with Crippen LogP contribution in [0, 0.1) is 6.92 Å². The Morgan fingerprint density at radius 3 is 2.73 bits per heavy atom. The average Bonchev–Trinajstić information content (AvgIpc) is 3.59. The van der Waals surface area contributed by atoms with Crippen LogP contribution in [0.15, 0.2) is 71.9 Å². The van der Waals surface area contributed by atoms with Crippen molar-refractivity contribution in [3.63, 3.8) is 0 Å². The standard InChI is InChI=1S/C30H32N8O3/c1-21-35-26(19-41-21)23-5-3-22(4-6-23)17-31-28-16-25(33-20-34-28)27-18-32-29-15-24(7-10-38(27)29)40-14-13-37-9-8-30(39)36(2)11-12-37/h3-7,10,15-16,18-20H,8-9,11-14,17H2,1-2H3,(H,31,33,34). The van der Waals surface area contributed by atoms with Gasteiger partial charge in [-0.15, -0.1) is 0 Å². The first-order chi connectivity index (χ1) is 20.0. The largest absolute Gasteiger partial charge is 0.492 e. The molecule has 11 nitrogen and oxygen atoms in total. The number of carbonyl (C=O) groups excluding carboxylic acids is 1. The number of oxazole rings is 1. The van der Waals surface area contributed by atoms with Gasteiger partial charge in [0.05, 0.1) is 17.6 Å². The molecule has 0 saturated carbocycles. The number of aryl methyl sites for hydroxylation is 1. The van der Waals surface area contributed by atoms with Crippen molar-refractivity contribution in [1.29, 1.82) is 0 Å². The van der Waals surface area contributed by atoms with Crippen LogP contribution < -0.4 is 10.1 Å². The first-order valence-corrected chi connectivity index (χ1v) is 13.7. The van der Waals surface area contributed by atoms with E-state index in [9.17, 15) is 4.79 Å². The van der Waals surface area contributed by atoms with E-state index in [1.54, 1.807) is 23.7 Å². The number of rotatable bonds is 9. The van der Waals surface area contributed by atoms with Crippen LogP contribution in [-0.4, -0.2) is 79.9 Å². The molecule has 41 heavy (non-hydrogen) atoms. The summed E-state index contributed by atoms with van der Waals surface area (Å²) < 4.78 is 13.3. The maximum atomic E-state index is 11.9. The molecule has 0 aliphatic carbocycles. The number of hydrogen-bond acceptors (Lipinski definition) is 9. The third-order valence-corrected chi connectivity index (χ3v) is 7.25. The van der Waals surface area contributed by atoms with E-state index in [1.807, 2.05) is 54.9 Å². The molecule has 5 heterocycles. The Kier molecular flexibility index (Phi) is 7.59. The van der Waals surface area contributed by atoms with E-state index in [0.717, 1.165) is 71.6 Å². The molecule has 0 atom stereocenters. The number of ether oxygens (including phenoxy) is 1. The summed E-state index contributed by atoms with van der Waals surface area (Å²) in [6.45, 7) is 6.15. The Morgan fingerprint density at radius 2 is 1.90 bits per heavy atom. The van der Waals surface area contributed by atoms with Crippen molar-refractivity contribution >= 4 is 17.4 Å². The normalized spacial score (nSPS) is 14.4. The number of anilines is 1. The smallest absolute Gasteiger partial charge is 0.223 e. The highest BCUT2D eigenvalue weighted by atomic mass is 16.5. The number of amides is 1. The Bertz CT molecular complexity index is 1650. The molecule has 1 saturated heterocycles. The van der Waals surface area contributed by atoms with Crippen molar-refractivity contribution < 1.29 is 13.9 Å². The van der Waals surface area contributed by atoms with Crippen molar-refractivity contribution in [1.82, 2.24) is 34.1 Å². The lowest BCUT2D eigenvalue weighted by Gasteiger charge is -2.19. The summed E-state index contributed by atoms with van der Waals surface area (Å²) in [6, 6.07) is 14.0. The van der Waals surface area contributed by atoms with Gasteiger partial charge in [-0.1, -0.05) is 24.3 Å². The predicted octanol–water partition coefficient (Wildman–Crippen LogP) is 3.91. The summed E-state index contributed by atoms with van der Waals surface area (Å²) in [4.78, 5) is 33.8. The molecule has 1 aliphatic heterocycles. The summed E-state index contributed by atoms with van der Waals surface area (Å²) >= 11 is 0. The minimum Gasteiger partial charge on any atom is -0.492 e. The number of pyridine rings is 1. The van der Waals surface area contributed by atoms with Crippen LogP contribution in [0.25, 0.3) is 28.3 Å². The minimum absolute atomic E-state index is 0.199. The highest BCUT2D eigenvalue weighted by Crippen LogP contribution is 2.24. The first kappa shape index (κ1) is 26.5. The van der Waals surface area contributed by atoms with Crippen LogP contribution in [0.3, 0.4) is 0 Å². The predicted molar refractivity (Wildman–Crippen MR) is 154 cm³/mol. The third-order valence-electron chi connectivity index (χ3n) is 7.25. The van der Waals surface area contributed by atoms with Gasteiger partial charge in [-0.2, -0.15) is 0 Å². The number of benzene rings is 1. The molecule has 6 rings (SSSR count). The van der Waals surface area contributed by atoms with Gasteiger partial charge in [0.15, 0.2) is 5.89 Å². The zero-order chi connectivity index (χ0) is 28.2. The van der Waals surface area contributed by atoms with E-state index in [0.29, 0.717) is 25.5 Å². The summed E-state index contributed by atoms with van der Waals surface area (Å²) in [5.74, 6) is 2.33. The van der Waals surface area contributed by atoms with Crippen LogP contribution in [0.1, 0.15) is 17.9 Å². The number of imidazole rings is 1. The second-order valence-electron chi connectivity index (χ2n) is 10.1. The van der Waals surface area contributed by atoms with Gasteiger partial charge in [0.25, 0.3) is 0 Å². The number of nitrogens with zero attached hydrogens (tertiary/aromatic N) is 7. The molecule has 1 amide bonds. The molecule has 0 bridgehead atoms. The van der Waals surface area contributed by atoms with Gasteiger partial charge in [-0.05, 0) is 11.6 Å². The topological polar surface area (TPSA) is 114 Å². The quantitative estimate of drug-likeness (QED) is 0.291. The Labute approximate surface area is 237 Å². The summed E-state index contributed by atoms with van der Waals surface area (Å²) in [5, 5.41) is 3.38. The monoisotopic (exact) mass is 552 g/mol. The summed E-state index contributed by atoms with van der Waals surface area (Å²) in [7, 11) is 1.86. The Morgan fingerprint density at radius 1 is 1.02 bits per heavy atom. The number of nitrogens with one attached hydrogen (secondary N) is 1. The van der Waals surface area contributed by atoms with Crippen molar-refractivity contribution in [2.24, 2.45) is 0 Å². The van der Waals surface area contributed by atoms with Gasteiger partial charge in [0, 0.05) is 77.0 Å². The maximum absolute atomic E-state index is 11.9. The van der Waals surface area contributed by atoms with Crippen LogP contribution >= 0.6 is 0 Å². The molecule has 1 N–H and O–H groups in total. The molecule has 1 aliphatic rings. The van der Waals surface area contributed by atoms with Gasteiger partial charge < -0.3 is 19.4 Å². The zero-order valence-corrected chi connectivity index (χ0v) is 23.2. The van der Waals surface area contributed by atoms with E-state index in [1.165, 1.54) is 0 Å². The number of carbonyl (C=O) groups is 1. The number of hydrogen-bond donors (Lipinski definition) is 1.